The average Bonchev–Trinajstić information content (AvgIpc) is 3.15. The highest BCUT2D eigenvalue weighted by Crippen LogP contribution is 2.33. The van der Waals surface area contributed by atoms with E-state index in [2.05, 4.69) is 10.1 Å². The Kier molecular flexibility index (Phi) is 4.26. The Labute approximate surface area is 139 Å². The van der Waals surface area contributed by atoms with Gasteiger partial charge in [0.15, 0.2) is 0 Å². The molecule has 1 aromatic carbocycles. The van der Waals surface area contributed by atoms with Crippen molar-refractivity contribution in [3.63, 3.8) is 0 Å². The van der Waals surface area contributed by atoms with Crippen molar-refractivity contribution in [3.05, 3.63) is 36.0 Å². The molecule has 2 heterocycles. The maximum absolute atomic E-state index is 13.0. The quantitative estimate of drug-likeness (QED) is 0.832. The van der Waals surface area contributed by atoms with Crippen LogP contribution in [0.25, 0.3) is 11.4 Å². The van der Waals surface area contributed by atoms with Gasteiger partial charge in [-0.15, -0.1) is 0 Å². The largest absolute Gasteiger partial charge is 0.444 e. The number of likely N-dealkylation sites (tertiary alicyclic amines) is 1. The lowest BCUT2D eigenvalue weighted by Gasteiger charge is -2.26. The van der Waals surface area contributed by atoms with Gasteiger partial charge in [-0.3, -0.25) is 4.90 Å². The topological polar surface area (TPSA) is 68.5 Å². The van der Waals surface area contributed by atoms with Gasteiger partial charge in [0.05, 0.1) is 0 Å². The second-order valence-electron chi connectivity index (χ2n) is 6.79. The molecule has 0 saturated carbocycles. The number of ether oxygens (including phenoxy) is 1. The lowest BCUT2D eigenvalue weighted by Crippen LogP contribution is -2.36. The van der Waals surface area contributed by atoms with Crippen molar-refractivity contribution in [2.24, 2.45) is 0 Å². The first-order valence-electron chi connectivity index (χ1n) is 7.93. The highest BCUT2D eigenvalue weighted by atomic mass is 19.1. The Morgan fingerprint density at radius 3 is 2.71 bits per heavy atom. The molecule has 128 valence electrons. The van der Waals surface area contributed by atoms with E-state index < -0.39 is 5.60 Å². The number of halogens is 1. The summed E-state index contributed by atoms with van der Waals surface area (Å²) >= 11 is 0. The Morgan fingerprint density at radius 1 is 1.33 bits per heavy atom. The average molecular weight is 333 g/mol. The van der Waals surface area contributed by atoms with Gasteiger partial charge in [0.1, 0.15) is 17.5 Å². The summed E-state index contributed by atoms with van der Waals surface area (Å²) in [6, 6.07) is 5.57. The Bertz CT molecular complexity index is 721. The molecule has 2 aromatic rings. The van der Waals surface area contributed by atoms with Gasteiger partial charge in [-0.2, -0.15) is 4.98 Å². The summed E-state index contributed by atoms with van der Waals surface area (Å²) in [5.74, 6) is 0.424. The third-order valence-electron chi connectivity index (χ3n) is 3.71. The van der Waals surface area contributed by atoms with Crippen LogP contribution in [0, 0.1) is 5.82 Å². The van der Waals surface area contributed by atoms with Crippen molar-refractivity contribution in [3.8, 4) is 11.4 Å². The predicted molar refractivity (Wildman–Crippen MR) is 84.6 cm³/mol. The zero-order valence-corrected chi connectivity index (χ0v) is 14.0. The Hall–Kier alpha value is -2.44. The second kappa shape index (κ2) is 6.22. The van der Waals surface area contributed by atoms with Gasteiger partial charge >= 0.3 is 6.09 Å². The normalized spacial score (nSPS) is 18.0. The molecule has 1 atom stereocenters. The first-order valence-corrected chi connectivity index (χ1v) is 7.93. The SMILES string of the molecule is CC(C)(C)OC(=O)N1CCCC1c1nc(-c2ccc(F)cc2)no1. The minimum Gasteiger partial charge on any atom is -0.444 e. The lowest BCUT2D eigenvalue weighted by atomic mass is 10.2. The number of carbonyl (C=O) groups excluding carboxylic acids is 1. The van der Waals surface area contributed by atoms with Crippen LogP contribution in [0.3, 0.4) is 0 Å². The van der Waals surface area contributed by atoms with E-state index in [-0.39, 0.29) is 18.0 Å². The van der Waals surface area contributed by atoms with Crippen molar-refractivity contribution in [2.75, 3.05) is 6.54 Å². The van der Waals surface area contributed by atoms with E-state index >= 15 is 0 Å². The molecule has 1 fully saturated rings. The first-order chi connectivity index (χ1) is 11.3. The van der Waals surface area contributed by atoms with Crippen LogP contribution in [-0.4, -0.2) is 33.3 Å². The van der Waals surface area contributed by atoms with Crippen LogP contribution in [-0.2, 0) is 4.74 Å². The number of benzene rings is 1. The number of rotatable bonds is 2. The molecule has 7 heteroatoms. The van der Waals surface area contributed by atoms with Crippen molar-refractivity contribution in [1.29, 1.82) is 0 Å². The van der Waals surface area contributed by atoms with Crippen molar-refractivity contribution >= 4 is 6.09 Å². The minimum atomic E-state index is -0.557. The molecule has 1 aliphatic heterocycles. The minimum absolute atomic E-state index is 0.290. The fourth-order valence-electron chi connectivity index (χ4n) is 2.65. The van der Waals surface area contributed by atoms with E-state index in [4.69, 9.17) is 9.26 Å². The summed E-state index contributed by atoms with van der Waals surface area (Å²) in [6.45, 7) is 6.08. The molecular weight excluding hydrogens is 313 g/mol. The molecule has 1 aromatic heterocycles. The summed E-state index contributed by atoms with van der Waals surface area (Å²) in [4.78, 5) is 18.3. The number of hydrogen-bond donors (Lipinski definition) is 0. The third kappa shape index (κ3) is 3.55. The van der Waals surface area contributed by atoms with E-state index in [1.54, 1.807) is 17.0 Å². The highest BCUT2D eigenvalue weighted by molar-refractivity contribution is 5.69. The van der Waals surface area contributed by atoms with Crippen molar-refractivity contribution < 1.29 is 18.4 Å². The van der Waals surface area contributed by atoms with Crippen LogP contribution >= 0.6 is 0 Å². The summed E-state index contributed by atoms with van der Waals surface area (Å²) in [7, 11) is 0. The number of carbonyl (C=O) groups is 1. The third-order valence-corrected chi connectivity index (χ3v) is 3.71. The number of nitrogens with zero attached hydrogens (tertiary/aromatic N) is 3. The van der Waals surface area contributed by atoms with Crippen LogP contribution < -0.4 is 0 Å². The molecular formula is C17H20FN3O3. The maximum atomic E-state index is 13.0. The van der Waals surface area contributed by atoms with Crippen LogP contribution in [0.5, 0.6) is 0 Å². The maximum Gasteiger partial charge on any atom is 0.410 e. The second-order valence-corrected chi connectivity index (χ2v) is 6.79. The van der Waals surface area contributed by atoms with Gasteiger partial charge in [0.25, 0.3) is 0 Å². The van der Waals surface area contributed by atoms with Gasteiger partial charge in [0, 0.05) is 12.1 Å². The van der Waals surface area contributed by atoms with Gasteiger partial charge in [-0.1, -0.05) is 5.16 Å². The van der Waals surface area contributed by atoms with Crippen LogP contribution in [0.2, 0.25) is 0 Å². The van der Waals surface area contributed by atoms with Gasteiger partial charge in [-0.05, 0) is 57.9 Å². The lowest BCUT2D eigenvalue weighted by molar-refractivity contribution is 0.0199. The van der Waals surface area contributed by atoms with Crippen molar-refractivity contribution in [1.82, 2.24) is 15.0 Å². The monoisotopic (exact) mass is 333 g/mol. The van der Waals surface area contributed by atoms with Crippen LogP contribution in [0.15, 0.2) is 28.8 Å². The fraction of sp³-hybridized carbons (Fsp3) is 0.471. The van der Waals surface area contributed by atoms with E-state index in [9.17, 15) is 9.18 Å². The molecule has 0 radical (unpaired) electrons. The molecule has 1 amide bonds. The molecule has 1 unspecified atom stereocenters. The van der Waals surface area contributed by atoms with Crippen LogP contribution in [0.4, 0.5) is 9.18 Å². The van der Waals surface area contributed by atoms with Gasteiger partial charge < -0.3 is 9.26 Å². The van der Waals surface area contributed by atoms with E-state index in [1.165, 1.54) is 12.1 Å². The molecule has 0 N–H and O–H groups in total. The standard InChI is InChI=1S/C17H20FN3O3/c1-17(2,3)23-16(22)21-10-4-5-13(21)15-19-14(20-24-15)11-6-8-12(18)9-7-11/h6-9,13H,4-5,10H2,1-3H3. The highest BCUT2D eigenvalue weighted by Gasteiger charge is 2.36. The first kappa shape index (κ1) is 16.4. The summed E-state index contributed by atoms with van der Waals surface area (Å²) in [5.41, 5.74) is 0.103. The molecule has 0 spiro atoms. The summed E-state index contributed by atoms with van der Waals surface area (Å²) < 4.78 is 23.8. The zero-order chi connectivity index (χ0) is 17.3. The molecule has 1 aliphatic rings. The van der Waals surface area contributed by atoms with Gasteiger partial charge in [-0.25, -0.2) is 9.18 Å². The van der Waals surface area contributed by atoms with E-state index in [1.807, 2.05) is 20.8 Å². The molecule has 3 rings (SSSR count). The molecule has 0 aliphatic carbocycles. The zero-order valence-electron chi connectivity index (χ0n) is 14.0. The molecule has 1 saturated heterocycles. The molecule has 0 bridgehead atoms. The Balaban J connectivity index is 1.78. The fourth-order valence-corrected chi connectivity index (χ4v) is 2.65. The number of amides is 1. The van der Waals surface area contributed by atoms with Crippen molar-refractivity contribution in [2.45, 2.75) is 45.3 Å². The summed E-state index contributed by atoms with van der Waals surface area (Å²) in [6.07, 6.45) is 1.20. The predicted octanol–water partition coefficient (Wildman–Crippen LogP) is 3.95. The number of hydrogen-bond acceptors (Lipinski definition) is 5. The van der Waals surface area contributed by atoms with Crippen LogP contribution in [0.1, 0.15) is 45.5 Å². The number of aromatic nitrogens is 2. The molecule has 24 heavy (non-hydrogen) atoms. The Morgan fingerprint density at radius 2 is 2.04 bits per heavy atom. The molecule has 6 nitrogen and oxygen atoms in total. The summed E-state index contributed by atoms with van der Waals surface area (Å²) in [5, 5.41) is 3.94. The smallest absolute Gasteiger partial charge is 0.410 e. The van der Waals surface area contributed by atoms with Gasteiger partial charge in [0.2, 0.25) is 11.7 Å². The van der Waals surface area contributed by atoms with E-state index in [0.717, 1.165) is 12.8 Å². The van der Waals surface area contributed by atoms with E-state index in [0.29, 0.717) is 23.8 Å².